The molecule has 0 spiro atoms. The third-order valence-electron chi connectivity index (χ3n) is 4.14. The average Bonchev–Trinajstić information content (AvgIpc) is 2.37. The molecular weight excluding hydrogens is 288 g/mol. The second kappa shape index (κ2) is 5.62. The minimum atomic E-state index is 0.0861. The molecule has 1 saturated carbocycles. The molecule has 0 bridgehead atoms. The second-order valence-electron chi connectivity index (χ2n) is 5.78. The van der Waals surface area contributed by atoms with E-state index in [0.717, 1.165) is 10.4 Å². The van der Waals surface area contributed by atoms with Crippen LogP contribution in [-0.4, -0.2) is 12.1 Å². The predicted octanol–water partition coefficient (Wildman–Crippen LogP) is 4.08. The van der Waals surface area contributed by atoms with Crippen molar-refractivity contribution in [3.8, 4) is 0 Å². The Hall–Kier alpha value is -0.540. The second-order valence-corrected chi connectivity index (χ2v) is 6.63. The molecule has 100 valence electrons. The summed E-state index contributed by atoms with van der Waals surface area (Å²) in [6.45, 7) is 5.17. The van der Waals surface area contributed by atoms with E-state index in [1.165, 1.54) is 36.9 Å². The molecule has 2 nitrogen and oxygen atoms in total. The van der Waals surface area contributed by atoms with Crippen LogP contribution in [0.4, 0.5) is 5.69 Å². The first kappa shape index (κ1) is 13.9. The third-order valence-corrected chi connectivity index (χ3v) is 4.84. The fraction of sp³-hybridized carbons (Fsp3) is 0.600. The average molecular weight is 311 g/mol. The SMILES string of the molecule is Cc1ccc(Br)c(NC2(CN)CCC(C)CC2)c1. The lowest BCUT2D eigenvalue weighted by molar-refractivity contribution is 0.271. The molecule has 0 amide bonds. The first-order valence-electron chi connectivity index (χ1n) is 6.79. The molecule has 18 heavy (non-hydrogen) atoms. The summed E-state index contributed by atoms with van der Waals surface area (Å²) in [4.78, 5) is 0. The Morgan fingerprint density at radius 3 is 2.67 bits per heavy atom. The van der Waals surface area contributed by atoms with Crippen LogP contribution in [0.1, 0.15) is 38.2 Å². The van der Waals surface area contributed by atoms with E-state index in [0.29, 0.717) is 6.54 Å². The Balaban J connectivity index is 2.17. The number of halogens is 1. The third kappa shape index (κ3) is 3.07. The zero-order valence-corrected chi connectivity index (χ0v) is 12.9. The zero-order chi connectivity index (χ0) is 13.2. The Morgan fingerprint density at radius 1 is 1.39 bits per heavy atom. The van der Waals surface area contributed by atoms with Crippen LogP contribution in [0.2, 0.25) is 0 Å². The quantitative estimate of drug-likeness (QED) is 0.883. The van der Waals surface area contributed by atoms with Crippen LogP contribution in [-0.2, 0) is 0 Å². The smallest absolute Gasteiger partial charge is 0.0496 e. The van der Waals surface area contributed by atoms with Crippen LogP contribution in [0, 0.1) is 12.8 Å². The number of nitrogens with one attached hydrogen (secondary N) is 1. The highest BCUT2D eigenvalue weighted by molar-refractivity contribution is 9.10. The minimum absolute atomic E-state index is 0.0861. The summed E-state index contributed by atoms with van der Waals surface area (Å²) in [6, 6.07) is 6.42. The molecular formula is C15H23BrN2. The van der Waals surface area contributed by atoms with Crippen molar-refractivity contribution in [1.82, 2.24) is 0 Å². The Morgan fingerprint density at radius 2 is 2.06 bits per heavy atom. The van der Waals surface area contributed by atoms with Gasteiger partial charge in [-0.05, 0) is 72.2 Å². The summed E-state index contributed by atoms with van der Waals surface area (Å²) in [5, 5.41) is 3.70. The maximum Gasteiger partial charge on any atom is 0.0496 e. The number of aryl methyl sites for hydroxylation is 1. The van der Waals surface area contributed by atoms with E-state index in [2.05, 4.69) is 53.3 Å². The molecule has 1 aromatic rings. The summed E-state index contributed by atoms with van der Waals surface area (Å²) < 4.78 is 1.12. The first-order chi connectivity index (χ1) is 8.54. The van der Waals surface area contributed by atoms with E-state index >= 15 is 0 Å². The summed E-state index contributed by atoms with van der Waals surface area (Å²) in [5.74, 6) is 0.840. The van der Waals surface area contributed by atoms with Gasteiger partial charge in [0.05, 0.1) is 0 Å². The summed E-state index contributed by atoms with van der Waals surface area (Å²) in [6.07, 6.45) is 4.89. The maximum atomic E-state index is 6.04. The highest BCUT2D eigenvalue weighted by Gasteiger charge is 2.33. The van der Waals surface area contributed by atoms with E-state index in [9.17, 15) is 0 Å². The van der Waals surface area contributed by atoms with Crippen molar-refractivity contribution in [1.29, 1.82) is 0 Å². The van der Waals surface area contributed by atoms with Gasteiger partial charge in [-0.15, -0.1) is 0 Å². The highest BCUT2D eigenvalue weighted by atomic mass is 79.9. The van der Waals surface area contributed by atoms with Gasteiger partial charge in [0.1, 0.15) is 0 Å². The van der Waals surface area contributed by atoms with Crippen molar-refractivity contribution in [3.05, 3.63) is 28.2 Å². The van der Waals surface area contributed by atoms with Gasteiger partial charge in [0.15, 0.2) is 0 Å². The fourth-order valence-electron chi connectivity index (χ4n) is 2.72. The molecule has 0 aliphatic heterocycles. The topological polar surface area (TPSA) is 38.0 Å². The van der Waals surface area contributed by atoms with Crippen LogP contribution in [0.15, 0.2) is 22.7 Å². The van der Waals surface area contributed by atoms with E-state index in [-0.39, 0.29) is 5.54 Å². The van der Waals surface area contributed by atoms with E-state index in [4.69, 9.17) is 5.73 Å². The number of nitrogens with two attached hydrogens (primary N) is 1. The molecule has 3 N–H and O–H groups in total. The van der Waals surface area contributed by atoms with Crippen molar-refractivity contribution in [2.45, 2.75) is 45.1 Å². The van der Waals surface area contributed by atoms with Crippen molar-refractivity contribution >= 4 is 21.6 Å². The van der Waals surface area contributed by atoms with Gasteiger partial charge in [-0.25, -0.2) is 0 Å². The van der Waals surface area contributed by atoms with Gasteiger partial charge in [0, 0.05) is 22.2 Å². The van der Waals surface area contributed by atoms with Crippen LogP contribution in [0.25, 0.3) is 0 Å². The van der Waals surface area contributed by atoms with Crippen molar-refractivity contribution in [2.24, 2.45) is 11.7 Å². The molecule has 0 radical (unpaired) electrons. The number of anilines is 1. The normalized spacial score (nSPS) is 28.1. The van der Waals surface area contributed by atoms with Gasteiger partial charge < -0.3 is 11.1 Å². The molecule has 1 aromatic carbocycles. The molecule has 3 heteroatoms. The number of rotatable bonds is 3. The Labute approximate surface area is 118 Å². The summed E-state index contributed by atoms with van der Waals surface area (Å²) in [5.41, 5.74) is 8.58. The monoisotopic (exact) mass is 310 g/mol. The lowest BCUT2D eigenvalue weighted by Crippen LogP contribution is -2.48. The fourth-order valence-corrected chi connectivity index (χ4v) is 3.06. The van der Waals surface area contributed by atoms with Gasteiger partial charge in [-0.2, -0.15) is 0 Å². The van der Waals surface area contributed by atoms with Gasteiger partial charge in [0.25, 0.3) is 0 Å². The molecule has 1 aliphatic carbocycles. The van der Waals surface area contributed by atoms with E-state index in [1.807, 2.05) is 0 Å². The van der Waals surface area contributed by atoms with Crippen molar-refractivity contribution < 1.29 is 0 Å². The summed E-state index contributed by atoms with van der Waals surface area (Å²) in [7, 11) is 0. The minimum Gasteiger partial charge on any atom is -0.377 e. The molecule has 0 saturated heterocycles. The Bertz CT molecular complexity index is 409. The molecule has 0 aromatic heterocycles. The van der Waals surface area contributed by atoms with Crippen LogP contribution >= 0.6 is 15.9 Å². The van der Waals surface area contributed by atoms with Crippen molar-refractivity contribution in [3.63, 3.8) is 0 Å². The maximum absolute atomic E-state index is 6.04. The van der Waals surface area contributed by atoms with E-state index < -0.39 is 0 Å². The number of benzene rings is 1. The number of hydrogen-bond acceptors (Lipinski definition) is 2. The van der Waals surface area contributed by atoms with Gasteiger partial charge in [0.2, 0.25) is 0 Å². The van der Waals surface area contributed by atoms with Gasteiger partial charge in [-0.3, -0.25) is 0 Å². The van der Waals surface area contributed by atoms with Crippen molar-refractivity contribution in [2.75, 3.05) is 11.9 Å². The lowest BCUT2D eigenvalue weighted by Gasteiger charge is -2.40. The lowest BCUT2D eigenvalue weighted by atomic mass is 9.77. The van der Waals surface area contributed by atoms with Crippen LogP contribution < -0.4 is 11.1 Å². The molecule has 1 fully saturated rings. The Kier molecular flexibility index (Phi) is 4.33. The molecule has 2 rings (SSSR count). The highest BCUT2D eigenvalue weighted by Crippen LogP contribution is 2.36. The predicted molar refractivity (Wildman–Crippen MR) is 81.9 cm³/mol. The molecule has 0 heterocycles. The largest absolute Gasteiger partial charge is 0.377 e. The van der Waals surface area contributed by atoms with Gasteiger partial charge >= 0.3 is 0 Å². The first-order valence-corrected chi connectivity index (χ1v) is 7.58. The standard InChI is InChI=1S/C15H23BrN2/c1-11-5-7-15(10-17,8-6-11)18-14-9-12(2)3-4-13(14)16/h3-4,9,11,18H,5-8,10,17H2,1-2H3. The number of hydrogen-bond donors (Lipinski definition) is 2. The molecule has 0 unspecified atom stereocenters. The molecule has 0 atom stereocenters. The molecule has 1 aliphatic rings. The van der Waals surface area contributed by atoms with Crippen LogP contribution in [0.3, 0.4) is 0 Å². The zero-order valence-electron chi connectivity index (χ0n) is 11.3. The van der Waals surface area contributed by atoms with Gasteiger partial charge in [-0.1, -0.05) is 13.0 Å². The van der Waals surface area contributed by atoms with Crippen LogP contribution in [0.5, 0.6) is 0 Å². The summed E-state index contributed by atoms with van der Waals surface area (Å²) >= 11 is 3.62. The van der Waals surface area contributed by atoms with E-state index in [1.54, 1.807) is 0 Å².